The number of halogens is 1. The molecule has 10 heteroatoms. The fourth-order valence-electron chi connectivity index (χ4n) is 3.55. The minimum atomic E-state index is -0.544. The second-order valence-electron chi connectivity index (χ2n) is 6.97. The number of carbonyl (C=O) groups is 2. The standard InChI is InChI=1S/C20H20ClN5O4/c1-12-16(17-19(29)23-11-24-20(17)30-12)18(28)22-10-15(27)26-8-6-25(7-9-26)14-4-2-13(21)3-5-14/h2-5,11H,6-10H2,1H3,(H,22,28)(H,23,24,29). The first-order chi connectivity index (χ1) is 14.4. The fourth-order valence-corrected chi connectivity index (χ4v) is 3.67. The summed E-state index contributed by atoms with van der Waals surface area (Å²) in [6, 6.07) is 7.58. The van der Waals surface area contributed by atoms with Crippen molar-refractivity contribution >= 4 is 40.2 Å². The van der Waals surface area contributed by atoms with Gasteiger partial charge in [-0.25, -0.2) is 4.98 Å². The Morgan fingerprint density at radius 2 is 1.90 bits per heavy atom. The SMILES string of the molecule is Cc1oc2nc[nH]c(=O)c2c1C(=O)NCC(=O)N1CCN(c2ccc(Cl)cc2)CC1. The number of aromatic nitrogens is 2. The maximum Gasteiger partial charge on any atom is 0.262 e. The number of hydrogen-bond donors (Lipinski definition) is 2. The van der Waals surface area contributed by atoms with Crippen LogP contribution >= 0.6 is 11.6 Å². The summed E-state index contributed by atoms with van der Waals surface area (Å²) in [5.41, 5.74) is 0.776. The summed E-state index contributed by atoms with van der Waals surface area (Å²) in [6.45, 7) is 3.89. The van der Waals surface area contributed by atoms with Gasteiger partial charge in [0.05, 0.1) is 18.4 Å². The number of benzene rings is 1. The number of rotatable bonds is 4. The molecule has 0 spiro atoms. The van der Waals surface area contributed by atoms with E-state index >= 15 is 0 Å². The molecule has 1 saturated heterocycles. The van der Waals surface area contributed by atoms with E-state index in [1.165, 1.54) is 6.33 Å². The number of nitrogens with zero attached hydrogens (tertiary/aromatic N) is 3. The molecular weight excluding hydrogens is 410 g/mol. The Morgan fingerprint density at radius 1 is 1.20 bits per heavy atom. The van der Waals surface area contributed by atoms with Gasteiger partial charge in [-0.1, -0.05) is 11.6 Å². The van der Waals surface area contributed by atoms with Crippen LogP contribution < -0.4 is 15.8 Å². The van der Waals surface area contributed by atoms with Crippen molar-refractivity contribution in [3.63, 3.8) is 0 Å². The van der Waals surface area contributed by atoms with Crippen LogP contribution in [0.5, 0.6) is 0 Å². The van der Waals surface area contributed by atoms with E-state index in [2.05, 4.69) is 20.2 Å². The lowest BCUT2D eigenvalue weighted by molar-refractivity contribution is -0.130. The molecule has 1 aromatic carbocycles. The Balaban J connectivity index is 1.35. The zero-order valence-corrected chi connectivity index (χ0v) is 17.0. The van der Waals surface area contributed by atoms with Crippen molar-refractivity contribution in [2.75, 3.05) is 37.6 Å². The molecule has 30 heavy (non-hydrogen) atoms. The molecule has 0 atom stereocenters. The van der Waals surface area contributed by atoms with E-state index in [4.69, 9.17) is 16.0 Å². The number of anilines is 1. The molecule has 2 N–H and O–H groups in total. The van der Waals surface area contributed by atoms with Gasteiger partial charge in [-0.2, -0.15) is 0 Å². The molecule has 0 unspecified atom stereocenters. The van der Waals surface area contributed by atoms with Crippen molar-refractivity contribution in [1.82, 2.24) is 20.2 Å². The van der Waals surface area contributed by atoms with Crippen molar-refractivity contribution in [3.8, 4) is 0 Å². The highest BCUT2D eigenvalue weighted by Crippen LogP contribution is 2.21. The molecule has 156 valence electrons. The highest BCUT2D eigenvalue weighted by Gasteiger charge is 2.24. The number of amides is 2. The van der Waals surface area contributed by atoms with E-state index in [1.54, 1.807) is 11.8 Å². The monoisotopic (exact) mass is 429 g/mol. The summed E-state index contributed by atoms with van der Waals surface area (Å²) in [7, 11) is 0. The van der Waals surface area contributed by atoms with Gasteiger partial charge in [0.1, 0.15) is 11.1 Å². The van der Waals surface area contributed by atoms with Crippen LogP contribution in [0.15, 0.2) is 39.8 Å². The zero-order chi connectivity index (χ0) is 21.3. The Hall–Kier alpha value is -3.33. The molecule has 1 aliphatic heterocycles. The normalized spacial score (nSPS) is 14.2. The highest BCUT2D eigenvalue weighted by molar-refractivity contribution is 6.30. The van der Waals surface area contributed by atoms with Crippen LogP contribution in [0.2, 0.25) is 5.02 Å². The number of aryl methyl sites for hydroxylation is 1. The Labute approximate surface area is 176 Å². The highest BCUT2D eigenvalue weighted by atomic mass is 35.5. The number of carbonyl (C=O) groups excluding carboxylic acids is 2. The van der Waals surface area contributed by atoms with E-state index in [9.17, 15) is 14.4 Å². The molecule has 3 heterocycles. The Morgan fingerprint density at radius 3 is 2.60 bits per heavy atom. The van der Waals surface area contributed by atoms with Gasteiger partial charge < -0.3 is 24.5 Å². The summed E-state index contributed by atoms with van der Waals surface area (Å²) in [6.07, 6.45) is 1.21. The first kappa shape index (κ1) is 20.0. The van der Waals surface area contributed by atoms with Crippen molar-refractivity contribution < 1.29 is 14.0 Å². The minimum Gasteiger partial charge on any atom is -0.442 e. The van der Waals surface area contributed by atoms with Gasteiger partial charge in [-0.15, -0.1) is 0 Å². The smallest absolute Gasteiger partial charge is 0.262 e. The molecule has 0 radical (unpaired) electrons. The topological polar surface area (TPSA) is 112 Å². The summed E-state index contributed by atoms with van der Waals surface area (Å²) in [4.78, 5) is 47.4. The third-order valence-corrected chi connectivity index (χ3v) is 5.37. The predicted molar refractivity (Wildman–Crippen MR) is 112 cm³/mol. The number of furan rings is 1. The summed E-state index contributed by atoms with van der Waals surface area (Å²) in [5, 5.41) is 3.35. The van der Waals surface area contributed by atoms with Crippen molar-refractivity contribution in [2.24, 2.45) is 0 Å². The third-order valence-electron chi connectivity index (χ3n) is 5.12. The molecule has 3 aromatic rings. The first-order valence-corrected chi connectivity index (χ1v) is 9.85. The van der Waals surface area contributed by atoms with Gasteiger partial charge in [-0.05, 0) is 31.2 Å². The van der Waals surface area contributed by atoms with Crippen LogP contribution in [-0.4, -0.2) is 59.4 Å². The van der Waals surface area contributed by atoms with Gasteiger partial charge in [0.25, 0.3) is 11.5 Å². The van der Waals surface area contributed by atoms with Crippen molar-refractivity contribution in [2.45, 2.75) is 6.92 Å². The lowest BCUT2D eigenvalue weighted by Crippen LogP contribution is -2.51. The molecular formula is C20H20ClN5O4. The number of H-pyrrole nitrogens is 1. The quantitative estimate of drug-likeness (QED) is 0.651. The van der Waals surface area contributed by atoms with Gasteiger partial charge in [0.2, 0.25) is 11.6 Å². The van der Waals surface area contributed by atoms with Crippen LogP contribution in [-0.2, 0) is 4.79 Å². The number of fused-ring (bicyclic) bond motifs is 1. The Bertz CT molecular complexity index is 1150. The third kappa shape index (κ3) is 3.88. The second-order valence-corrected chi connectivity index (χ2v) is 7.41. The van der Waals surface area contributed by atoms with Crippen molar-refractivity contribution in [3.05, 3.63) is 57.3 Å². The maximum absolute atomic E-state index is 12.6. The minimum absolute atomic E-state index is 0.0801. The van der Waals surface area contributed by atoms with E-state index in [0.29, 0.717) is 31.2 Å². The molecule has 1 fully saturated rings. The first-order valence-electron chi connectivity index (χ1n) is 9.47. The van der Waals surface area contributed by atoms with E-state index in [0.717, 1.165) is 5.69 Å². The lowest BCUT2D eigenvalue weighted by Gasteiger charge is -2.36. The average Bonchev–Trinajstić information content (AvgIpc) is 3.10. The van der Waals surface area contributed by atoms with Gasteiger partial charge in [-0.3, -0.25) is 14.4 Å². The molecule has 0 aliphatic carbocycles. The Kier molecular flexibility index (Phi) is 5.45. The summed E-state index contributed by atoms with van der Waals surface area (Å²) < 4.78 is 5.38. The van der Waals surface area contributed by atoms with Crippen LogP contribution in [0.3, 0.4) is 0 Å². The largest absolute Gasteiger partial charge is 0.442 e. The summed E-state index contributed by atoms with van der Waals surface area (Å²) >= 11 is 5.93. The maximum atomic E-state index is 12.6. The van der Waals surface area contributed by atoms with Gasteiger partial charge >= 0.3 is 0 Å². The van der Waals surface area contributed by atoms with Crippen LogP contribution in [0.25, 0.3) is 11.1 Å². The van der Waals surface area contributed by atoms with E-state index < -0.39 is 11.5 Å². The molecule has 4 rings (SSSR count). The van der Waals surface area contributed by atoms with E-state index in [-0.39, 0.29) is 34.9 Å². The van der Waals surface area contributed by atoms with E-state index in [1.807, 2.05) is 24.3 Å². The number of piperazine rings is 1. The van der Waals surface area contributed by atoms with Crippen LogP contribution in [0, 0.1) is 6.92 Å². The molecule has 9 nitrogen and oxygen atoms in total. The number of nitrogens with one attached hydrogen (secondary N) is 2. The average molecular weight is 430 g/mol. The summed E-state index contributed by atoms with van der Waals surface area (Å²) in [5.74, 6) is -0.453. The lowest BCUT2D eigenvalue weighted by atomic mass is 10.2. The molecule has 2 aromatic heterocycles. The molecule has 0 saturated carbocycles. The number of hydrogen-bond acceptors (Lipinski definition) is 6. The predicted octanol–water partition coefficient (Wildman–Crippen LogP) is 1.56. The zero-order valence-electron chi connectivity index (χ0n) is 16.3. The van der Waals surface area contributed by atoms with Crippen LogP contribution in [0.1, 0.15) is 16.1 Å². The second kappa shape index (κ2) is 8.19. The molecule has 0 bridgehead atoms. The molecule has 2 amide bonds. The fraction of sp³-hybridized carbons (Fsp3) is 0.300. The molecule has 1 aliphatic rings. The number of aromatic amines is 1. The van der Waals surface area contributed by atoms with Gasteiger partial charge in [0, 0.05) is 36.9 Å². The van der Waals surface area contributed by atoms with Crippen molar-refractivity contribution in [1.29, 1.82) is 0 Å². The van der Waals surface area contributed by atoms with Gasteiger partial charge in [0.15, 0.2) is 0 Å². The van der Waals surface area contributed by atoms with Crippen LogP contribution in [0.4, 0.5) is 5.69 Å².